The minimum Gasteiger partial charge on any atom is -0.489 e. The predicted molar refractivity (Wildman–Crippen MR) is 68.1 cm³/mol. The van der Waals surface area contributed by atoms with Gasteiger partial charge in [-0.25, -0.2) is 0 Å². The van der Waals surface area contributed by atoms with E-state index in [2.05, 4.69) is 0 Å². The number of ether oxygens (including phenoxy) is 1. The SMILES string of the molecule is OCc1ccccc1OCc1cccc(Cl)c1. The van der Waals surface area contributed by atoms with Crippen LogP contribution in [0, 0.1) is 0 Å². The van der Waals surface area contributed by atoms with Crippen molar-refractivity contribution >= 4 is 11.6 Å². The summed E-state index contributed by atoms with van der Waals surface area (Å²) in [7, 11) is 0. The molecule has 0 aliphatic carbocycles. The monoisotopic (exact) mass is 248 g/mol. The fourth-order valence-corrected chi connectivity index (χ4v) is 1.78. The van der Waals surface area contributed by atoms with Gasteiger partial charge in [0.05, 0.1) is 6.61 Å². The smallest absolute Gasteiger partial charge is 0.125 e. The Balaban J connectivity index is 2.07. The molecule has 0 spiro atoms. The van der Waals surface area contributed by atoms with Crippen LogP contribution < -0.4 is 4.74 Å². The van der Waals surface area contributed by atoms with Crippen LogP contribution in [0.3, 0.4) is 0 Å². The van der Waals surface area contributed by atoms with Crippen molar-refractivity contribution in [3.05, 3.63) is 64.7 Å². The largest absolute Gasteiger partial charge is 0.489 e. The summed E-state index contributed by atoms with van der Waals surface area (Å²) in [5.74, 6) is 0.704. The first-order valence-electron chi connectivity index (χ1n) is 5.35. The van der Waals surface area contributed by atoms with Gasteiger partial charge in [0.25, 0.3) is 0 Å². The first-order valence-corrected chi connectivity index (χ1v) is 5.73. The topological polar surface area (TPSA) is 29.5 Å². The van der Waals surface area contributed by atoms with Crippen molar-refractivity contribution in [3.63, 3.8) is 0 Å². The van der Waals surface area contributed by atoms with Crippen molar-refractivity contribution in [3.8, 4) is 5.75 Å². The third kappa shape index (κ3) is 3.22. The maximum Gasteiger partial charge on any atom is 0.125 e. The fourth-order valence-electron chi connectivity index (χ4n) is 1.56. The maximum absolute atomic E-state index is 9.16. The Labute approximate surface area is 105 Å². The fraction of sp³-hybridized carbons (Fsp3) is 0.143. The normalized spacial score (nSPS) is 10.2. The van der Waals surface area contributed by atoms with Gasteiger partial charge in [0.1, 0.15) is 12.4 Å². The number of para-hydroxylation sites is 1. The molecular formula is C14H13ClO2. The molecule has 2 nitrogen and oxygen atoms in total. The number of rotatable bonds is 4. The van der Waals surface area contributed by atoms with Crippen molar-refractivity contribution in [2.24, 2.45) is 0 Å². The Morgan fingerprint density at radius 2 is 1.88 bits per heavy atom. The lowest BCUT2D eigenvalue weighted by Crippen LogP contribution is -1.98. The minimum absolute atomic E-state index is 0.0221. The highest BCUT2D eigenvalue weighted by atomic mass is 35.5. The highest BCUT2D eigenvalue weighted by Crippen LogP contribution is 2.20. The Morgan fingerprint density at radius 3 is 2.65 bits per heavy atom. The summed E-state index contributed by atoms with van der Waals surface area (Å²) in [6.45, 7) is 0.420. The van der Waals surface area contributed by atoms with E-state index in [0.717, 1.165) is 11.1 Å². The van der Waals surface area contributed by atoms with Crippen molar-refractivity contribution in [2.75, 3.05) is 0 Å². The number of benzene rings is 2. The number of hydrogen-bond donors (Lipinski definition) is 1. The van der Waals surface area contributed by atoms with Gasteiger partial charge in [-0.15, -0.1) is 0 Å². The lowest BCUT2D eigenvalue weighted by atomic mass is 10.2. The zero-order valence-corrected chi connectivity index (χ0v) is 10.0. The maximum atomic E-state index is 9.16. The van der Waals surface area contributed by atoms with E-state index in [1.807, 2.05) is 48.5 Å². The summed E-state index contributed by atoms with van der Waals surface area (Å²) in [5.41, 5.74) is 1.79. The molecule has 0 amide bonds. The number of halogens is 1. The van der Waals surface area contributed by atoms with E-state index in [4.69, 9.17) is 21.4 Å². The molecule has 0 atom stereocenters. The van der Waals surface area contributed by atoms with Crippen molar-refractivity contribution in [2.45, 2.75) is 13.2 Å². The molecule has 0 bridgehead atoms. The predicted octanol–water partition coefficient (Wildman–Crippen LogP) is 3.41. The van der Waals surface area contributed by atoms with E-state index in [1.165, 1.54) is 0 Å². The first-order chi connectivity index (χ1) is 8.29. The lowest BCUT2D eigenvalue weighted by molar-refractivity contribution is 0.259. The van der Waals surface area contributed by atoms with Gasteiger partial charge < -0.3 is 9.84 Å². The van der Waals surface area contributed by atoms with Crippen LogP contribution in [-0.2, 0) is 13.2 Å². The summed E-state index contributed by atoms with van der Waals surface area (Å²) in [4.78, 5) is 0. The standard InChI is InChI=1S/C14H13ClO2/c15-13-6-3-4-11(8-13)10-17-14-7-2-1-5-12(14)9-16/h1-8,16H,9-10H2. The molecule has 0 fully saturated rings. The molecule has 0 saturated heterocycles. The lowest BCUT2D eigenvalue weighted by Gasteiger charge is -2.09. The molecule has 0 aromatic heterocycles. The van der Waals surface area contributed by atoms with Crippen LogP contribution in [-0.4, -0.2) is 5.11 Å². The van der Waals surface area contributed by atoms with E-state index in [0.29, 0.717) is 17.4 Å². The zero-order chi connectivity index (χ0) is 12.1. The average molecular weight is 249 g/mol. The van der Waals surface area contributed by atoms with E-state index >= 15 is 0 Å². The van der Waals surface area contributed by atoms with E-state index < -0.39 is 0 Å². The van der Waals surface area contributed by atoms with Crippen molar-refractivity contribution in [1.82, 2.24) is 0 Å². The highest BCUT2D eigenvalue weighted by molar-refractivity contribution is 6.30. The van der Waals surface area contributed by atoms with E-state index in [1.54, 1.807) is 0 Å². The average Bonchev–Trinajstić information content (AvgIpc) is 2.37. The molecule has 0 heterocycles. The summed E-state index contributed by atoms with van der Waals surface area (Å²) < 4.78 is 5.65. The van der Waals surface area contributed by atoms with Gasteiger partial charge in [0, 0.05) is 10.6 Å². The van der Waals surface area contributed by atoms with Gasteiger partial charge in [0.2, 0.25) is 0 Å². The zero-order valence-electron chi connectivity index (χ0n) is 9.27. The minimum atomic E-state index is -0.0221. The molecular weight excluding hydrogens is 236 g/mol. The molecule has 17 heavy (non-hydrogen) atoms. The van der Waals surface area contributed by atoms with Gasteiger partial charge in [-0.2, -0.15) is 0 Å². The third-order valence-corrected chi connectivity index (χ3v) is 2.66. The van der Waals surface area contributed by atoms with Crippen LogP contribution in [0.1, 0.15) is 11.1 Å². The second-order valence-corrected chi connectivity index (χ2v) is 4.12. The molecule has 88 valence electrons. The molecule has 0 aliphatic heterocycles. The molecule has 2 aromatic rings. The van der Waals surface area contributed by atoms with Crippen LogP contribution in [0.25, 0.3) is 0 Å². The van der Waals surface area contributed by atoms with Crippen LogP contribution in [0.15, 0.2) is 48.5 Å². The van der Waals surface area contributed by atoms with Crippen molar-refractivity contribution in [1.29, 1.82) is 0 Å². The number of aliphatic hydroxyl groups excluding tert-OH is 1. The van der Waals surface area contributed by atoms with Gasteiger partial charge in [-0.05, 0) is 23.8 Å². The Hall–Kier alpha value is -1.51. The van der Waals surface area contributed by atoms with Crippen molar-refractivity contribution < 1.29 is 9.84 Å². The van der Waals surface area contributed by atoms with Crippen LogP contribution in [0.4, 0.5) is 0 Å². The first kappa shape index (κ1) is 12.0. The van der Waals surface area contributed by atoms with E-state index in [9.17, 15) is 0 Å². The second kappa shape index (κ2) is 5.71. The summed E-state index contributed by atoms with van der Waals surface area (Å²) in [6, 6.07) is 15.0. The van der Waals surface area contributed by atoms with Crippen LogP contribution in [0.5, 0.6) is 5.75 Å². The molecule has 0 radical (unpaired) electrons. The van der Waals surface area contributed by atoms with Crippen LogP contribution >= 0.6 is 11.6 Å². The molecule has 3 heteroatoms. The number of aliphatic hydroxyl groups is 1. The molecule has 2 aromatic carbocycles. The Kier molecular flexibility index (Phi) is 4.02. The van der Waals surface area contributed by atoms with Gasteiger partial charge in [-0.3, -0.25) is 0 Å². The van der Waals surface area contributed by atoms with Gasteiger partial charge in [-0.1, -0.05) is 41.9 Å². The Bertz CT molecular complexity index is 497. The summed E-state index contributed by atoms with van der Waals surface area (Å²) in [6.07, 6.45) is 0. The van der Waals surface area contributed by atoms with Gasteiger partial charge in [0.15, 0.2) is 0 Å². The molecule has 0 unspecified atom stereocenters. The second-order valence-electron chi connectivity index (χ2n) is 3.68. The molecule has 0 aliphatic rings. The molecule has 1 N–H and O–H groups in total. The Morgan fingerprint density at radius 1 is 1.06 bits per heavy atom. The van der Waals surface area contributed by atoms with Gasteiger partial charge >= 0.3 is 0 Å². The quantitative estimate of drug-likeness (QED) is 0.899. The summed E-state index contributed by atoms with van der Waals surface area (Å²) >= 11 is 5.89. The highest BCUT2D eigenvalue weighted by Gasteiger charge is 2.02. The third-order valence-electron chi connectivity index (χ3n) is 2.43. The van der Waals surface area contributed by atoms with E-state index in [-0.39, 0.29) is 6.61 Å². The molecule has 0 saturated carbocycles. The van der Waals surface area contributed by atoms with Crippen LogP contribution in [0.2, 0.25) is 5.02 Å². The molecule has 2 rings (SSSR count). The number of hydrogen-bond acceptors (Lipinski definition) is 2. The summed E-state index contributed by atoms with van der Waals surface area (Å²) in [5, 5.41) is 9.85.